The van der Waals surface area contributed by atoms with Gasteiger partial charge in [0, 0.05) is 19.0 Å². The number of amides is 3. The van der Waals surface area contributed by atoms with Crippen molar-refractivity contribution < 1.29 is 14.4 Å². The van der Waals surface area contributed by atoms with Gasteiger partial charge in [0.1, 0.15) is 0 Å². The van der Waals surface area contributed by atoms with Crippen LogP contribution in [-0.2, 0) is 9.59 Å². The molecule has 1 unspecified atom stereocenters. The molecule has 0 aliphatic carbocycles. The quantitative estimate of drug-likeness (QED) is 0.707. The van der Waals surface area contributed by atoms with Gasteiger partial charge in [-0.1, -0.05) is 44.2 Å². The summed E-state index contributed by atoms with van der Waals surface area (Å²) in [5, 5.41) is 5.73. The van der Waals surface area contributed by atoms with Crippen molar-refractivity contribution in [3.63, 3.8) is 0 Å². The summed E-state index contributed by atoms with van der Waals surface area (Å²) in [6.07, 6.45) is 0.129. The molecule has 0 saturated carbocycles. The number of anilines is 2. The lowest BCUT2D eigenvalue weighted by atomic mass is 9.94. The maximum atomic E-state index is 12.6. The van der Waals surface area contributed by atoms with Gasteiger partial charge in [-0.15, -0.1) is 0 Å². The van der Waals surface area contributed by atoms with Crippen LogP contribution in [0.25, 0.3) is 0 Å². The first kappa shape index (κ1) is 21.5. The summed E-state index contributed by atoms with van der Waals surface area (Å²) >= 11 is 0. The van der Waals surface area contributed by atoms with Gasteiger partial charge in [-0.25, -0.2) is 0 Å². The fourth-order valence-electron chi connectivity index (χ4n) is 3.45. The molecule has 4 N–H and O–H groups in total. The molecule has 7 nitrogen and oxygen atoms in total. The molecule has 0 fully saturated rings. The predicted octanol–water partition coefficient (Wildman–Crippen LogP) is 2.84. The number of fused-ring (bicyclic) bond motifs is 1. The number of rotatable bonds is 5. The first-order valence-corrected chi connectivity index (χ1v) is 9.99. The van der Waals surface area contributed by atoms with E-state index in [0.29, 0.717) is 30.0 Å². The van der Waals surface area contributed by atoms with Crippen LogP contribution in [0.2, 0.25) is 0 Å². The third-order valence-electron chi connectivity index (χ3n) is 5.29. The Morgan fingerprint density at radius 1 is 1.20 bits per heavy atom. The Morgan fingerprint density at radius 2 is 1.90 bits per heavy atom. The largest absolute Gasteiger partial charge is 0.351 e. The van der Waals surface area contributed by atoms with Crippen LogP contribution in [0.5, 0.6) is 0 Å². The Hall–Kier alpha value is -3.19. The highest BCUT2D eigenvalue weighted by Crippen LogP contribution is 2.38. The van der Waals surface area contributed by atoms with Crippen LogP contribution in [0, 0.1) is 5.41 Å². The average Bonchev–Trinajstić information content (AvgIpc) is 2.87. The van der Waals surface area contributed by atoms with Gasteiger partial charge < -0.3 is 21.3 Å². The molecule has 3 rings (SSSR count). The highest BCUT2D eigenvalue weighted by molar-refractivity contribution is 6.06. The summed E-state index contributed by atoms with van der Waals surface area (Å²) in [6, 6.07) is 14.0. The second-order valence-corrected chi connectivity index (χ2v) is 8.35. The van der Waals surface area contributed by atoms with Crippen LogP contribution in [0.3, 0.4) is 0 Å². The number of carbonyl (C=O) groups excluding carboxylic acids is 3. The molecule has 3 amide bonds. The van der Waals surface area contributed by atoms with Crippen LogP contribution >= 0.6 is 0 Å². The number of hydrogen-bond acceptors (Lipinski definition) is 4. The maximum absolute atomic E-state index is 12.6. The van der Waals surface area contributed by atoms with Crippen LogP contribution < -0.4 is 21.3 Å². The summed E-state index contributed by atoms with van der Waals surface area (Å²) in [5.41, 5.74) is 7.80. The minimum absolute atomic E-state index is 0.129. The van der Waals surface area contributed by atoms with E-state index >= 15 is 0 Å². The van der Waals surface area contributed by atoms with Crippen molar-refractivity contribution >= 4 is 29.1 Å². The standard InChI is InChI=1S/C23H28N4O3/c1-15(28)27-19-10-9-17(22(30)25-14-23(2,3)13-24)11-18(19)26-21(29)12-20(27)16-7-5-4-6-8-16/h4-11,20H,12-14,24H2,1-3H3,(H,25,30)(H,26,29). The van der Waals surface area contributed by atoms with Gasteiger partial charge in [-0.3, -0.25) is 14.4 Å². The summed E-state index contributed by atoms with van der Waals surface area (Å²) in [4.78, 5) is 39.4. The molecule has 7 heteroatoms. The van der Waals surface area contributed by atoms with Gasteiger partial charge in [-0.05, 0) is 35.7 Å². The smallest absolute Gasteiger partial charge is 0.251 e. The Bertz CT molecular complexity index is 956. The van der Waals surface area contributed by atoms with E-state index in [1.165, 1.54) is 6.92 Å². The van der Waals surface area contributed by atoms with Crippen molar-refractivity contribution in [3.05, 3.63) is 59.7 Å². The second kappa shape index (κ2) is 8.67. The lowest BCUT2D eigenvalue weighted by Crippen LogP contribution is -2.38. The molecule has 0 bridgehead atoms. The van der Waals surface area contributed by atoms with Crippen molar-refractivity contribution in [2.75, 3.05) is 23.3 Å². The molecular weight excluding hydrogens is 380 g/mol. The molecule has 30 heavy (non-hydrogen) atoms. The highest BCUT2D eigenvalue weighted by atomic mass is 16.2. The number of hydrogen-bond donors (Lipinski definition) is 3. The third-order valence-corrected chi connectivity index (χ3v) is 5.29. The molecule has 1 heterocycles. The van der Waals surface area contributed by atoms with Gasteiger partial charge >= 0.3 is 0 Å². The lowest BCUT2D eigenvalue weighted by Gasteiger charge is -2.30. The molecule has 2 aromatic carbocycles. The van der Waals surface area contributed by atoms with Crippen LogP contribution in [0.4, 0.5) is 11.4 Å². The normalized spacial score (nSPS) is 16.3. The summed E-state index contributed by atoms with van der Waals surface area (Å²) < 4.78 is 0. The second-order valence-electron chi connectivity index (χ2n) is 8.35. The van der Waals surface area contributed by atoms with Gasteiger partial charge in [0.15, 0.2) is 0 Å². The number of carbonyl (C=O) groups is 3. The molecule has 0 radical (unpaired) electrons. The van der Waals surface area contributed by atoms with Gasteiger partial charge in [0.2, 0.25) is 11.8 Å². The van der Waals surface area contributed by atoms with Crippen molar-refractivity contribution in [1.29, 1.82) is 0 Å². The maximum Gasteiger partial charge on any atom is 0.251 e. The van der Waals surface area contributed by atoms with Gasteiger partial charge in [-0.2, -0.15) is 0 Å². The first-order chi connectivity index (χ1) is 14.2. The van der Waals surface area contributed by atoms with E-state index < -0.39 is 6.04 Å². The van der Waals surface area contributed by atoms with E-state index in [-0.39, 0.29) is 29.6 Å². The van der Waals surface area contributed by atoms with Crippen molar-refractivity contribution in [2.45, 2.75) is 33.2 Å². The Kier molecular flexibility index (Phi) is 6.22. The number of nitrogens with two attached hydrogens (primary N) is 1. The lowest BCUT2D eigenvalue weighted by molar-refractivity contribution is -0.118. The van der Waals surface area contributed by atoms with E-state index in [1.807, 2.05) is 44.2 Å². The van der Waals surface area contributed by atoms with E-state index in [4.69, 9.17) is 5.73 Å². The van der Waals surface area contributed by atoms with Gasteiger partial charge in [0.25, 0.3) is 5.91 Å². The fourth-order valence-corrected chi connectivity index (χ4v) is 3.45. The fraction of sp³-hybridized carbons (Fsp3) is 0.348. The van der Waals surface area contributed by atoms with E-state index in [0.717, 1.165) is 5.56 Å². The zero-order valence-electron chi connectivity index (χ0n) is 17.6. The van der Waals surface area contributed by atoms with Crippen molar-refractivity contribution in [1.82, 2.24) is 5.32 Å². The molecule has 0 spiro atoms. The molecule has 0 aromatic heterocycles. The van der Waals surface area contributed by atoms with E-state index in [1.54, 1.807) is 23.1 Å². The molecule has 158 valence electrons. The monoisotopic (exact) mass is 408 g/mol. The van der Waals surface area contributed by atoms with E-state index in [2.05, 4.69) is 10.6 Å². The molecule has 1 aliphatic heterocycles. The zero-order chi connectivity index (χ0) is 21.9. The minimum atomic E-state index is -0.421. The molecule has 2 aromatic rings. The predicted molar refractivity (Wildman–Crippen MR) is 117 cm³/mol. The zero-order valence-corrected chi connectivity index (χ0v) is 17.6. The molecule has 1 atom stereocenters. The molecular formula is C23H28N4O3. The van der Waals surface area contributed by atoms with E-state index in [9.17, 15) is 14.4 Å². The number of benzene rings is 2. The van der Waals surface area contributed by atoms with Crippen LogP contribution in [0.15, 0.2) is 48.5 Å². The number of nitrogens with zero attached hydrogens (tertiary/aromatic N) is 1. The molecule has 0 saturated heterocycles. The average molecular weight is 409 g/mol. The Balaban J connectivity index is 1.95. The van der Waals surface area contributed by atoms with Crippen LogP contribution in [-0.4, -0.2) is 30.8 Å². The van der Waals surface area contributed by atoms with Gasteiger partial charge in [0.05, 0.1) is 23.8 Å². The van der Waals surface area contributed by atoms with Crippen molar-refractivity contribution in [2.24, 2.45) is 11.1 Å². The van der Waals surface area contributed by atoms with Crippen LogP contribution in [0.1, 0.15) is 49.2 Å². The third kappa shape index (κ3) is 4.68. The first-order valence-electron chi connectivity index (χ1n) is 9.99. The van der Waals surface area contributed by atoms with Crippen molar-refractivity contribution in [3.8, 4) is 0 Å². The summed E-state index contributed by atoms with van der Waals surface area (Å²) in [7, 11) is 0. The topological polar surface area (TPSA) is 105 Å². The molecule has 1 aliphatic rings. The Labute approximate surface area is 176 Å². The summed E-state index contributed by atoms with van der Waals surface area (Å²) in [5.74, 6) is -0.647. The number of nitrogens with one attached hydrogen (secondary N) is 2. The Morgan fingerprint density at radius 3 is 2.53 bits per heavy atom. The SMILES string of the molecule is CC(=O)N1c2ccc(C(=O)NCC(C)(C)CN)cc2NC(=O)CC1c1ccccc1. The highest BCUT2D eigenvalue weighted by Gasteiger charge is 2.32. The summed E-state index contributed by atoms with van der Waals surface area (Å²) in [6.45, 7) is 6.30. The minimum Gasteiger partial charge on any atom is -0.351 e.